The summed E-state index contributed by atoms with van der Waals surface area (Å²) in [4.78, 5) is 16.8. The first-order valence-electron chi connectivity index (χ1n) is 8.38. The molecule has 0 aliphatic rings. The Morgan fingerprint density at radius 3 is 2.54 bits per heavy atom. The van der Waals surface area contributed by atoms with Crippen molar-refractivity contribution in [3.05, 3.63) is 53.9 Å². The fraction of sp³-hybridized carbons (Fsp3) is 0.400. The molecule has 0 bridgehead atoms. The van der Waals surface area contributed by atoms with E-state index in [0.717, 1.165) is 23.5 Å². The molecule has 4 nitrogen and oxygen atoms in total. The van der Waals surface area contributed by atoms with E-state index in [1.165, 1.54) is 0 Å². The molecule has 0 saturated heterocycles. The fourth-order valence-electron chi connectivity index (χ4n) is 2.42. The highest BCUT2D eigenvalue weighted by molar-refractivity contribution is 6.03. The van der Waals surface area contributed by atoms with Crippen LogP contribution in [0.4, 0.5) is 11.4 Å². The van der Waals surface area contributed by atoms with E-state index in [0.29, 0.717) is 11.6 Å². The molecular formula is C20H27N3O. The zero-order valence-electron chi connectivity index (χ0n) is 15.2. The predicted octanol–water partition coefficient (Wildman–Crippen LogP) is 4.70. The summed E-state index contributed by atoms with van der Waals surface area (Å²) in [5, 5.41) is 6.32. The average molecular weight is 325 g/mol. The second-order valence-corrected chi connectivity index (χ2v) is 7.45. The average Bonchev–Trinajstić information content (AvgIpc) is 2.52. The fourth-order valence-corrected chi connectivity index (χ4v) is 2.42. The van der Waals surface area contributed by atoms with E-state index in [9.17, 15) is 4.79 Å². The lowest BCUT2D eigenvalue weighted by Gasteiger charge is -2.23. The maximum Gasteiger partial charge on any atom is 0.274 e. The number of carbonyl (C=O) groups excluding carboxylic acids is 1. The number of amides is 1. The summed E-state index contributed by atoms with van der Waals surface area (Å²) in [7, 11) is 0. The van der Waals surface area contributed by atoms with Gasteiger partial charge < -0.3 is 10.6 Å². The van der Waals surface area contributed by atoms with Gasteiger partial charge >= 0.3 is 0 Å². The molecular weight excluding hydrogens is 298 g/mol. The third-order valence-corrected chi connectivity index (χ3v) is 3.69. The van der Waals surface area contributed by atoms with Gasteiger partial charge in [0.05, 0.1) is 0 Å². The van der Waals surface area contributed by atoms with Crippen LogP contribution in [-0.4, -0.2) is 17.4 Å². The lowest BCUT2D eigenvalue weighted by Crippen LogP contribution is -2.19. The van der Waals surface area contributed by atoms with Gasteiger partial charge in [-0.05, 0) is 35.1 Å². The number of nitrogens with zero attached hydrogens (tertiary/aromatic N) is 1. The van der Waals surface area contributed by atoms with Gasteiger partial charge in [-0.2, -0.15) is 0 Å². The van der Waals surface area contributed by atoms with Crippen molar-refractivity contribution in [2.45, 2.75) is 40.0 Å². The number of anilines is 2. The van der Waals surface area contributed by atoms with Crippen molar-refractivity contribution in [2.24, 2.45) is 5.92 Å². The minimum atomic E-state index is -0.195. The van der Waals surface area contributed by atoms with E-state index < -0.39 is 0 Å². The summed E-state index contributed by atoms with van der Waals surface area (Å²) in [6, 6.07) is 11.6. The number of carbonyl (C=O) groups is 1. The highest BCUT2D eigenvalue weighted by Crippen LogP contribution is 2.29. The molecule has 0 unspecified atom stereocenters. The maximum atomic E-state index is 12.6. The number of pyridine rings is 1. The van der Waals surface area contributed by atoms with Crippen LogP contribution in [0, 0.1) is 5.92 Å². The number of para-hydroxylation sites is 1. The standard InChI is InChI=1S/C20H27N3O/c1-14(2)13-22-15-10-11-21-18(12-15)19(24)23-17-9-7-6-8-16(17)20(3,4)5/h6-12,14H,13H2,1-5H3,(H,21,22)(H,23,24). The van der Waals surface area contributed by atoms with Crippen LogP contribution >= 0.6 is 0 Å². The summed E-state index contributed by atoms with van der Waals surface area (Å²) >= 11 is 0. The molecule has 0 radical (unpaired) electrons. The Hall–Kier alpha value is -2.36. The Morgan fingerprint density at radius 2 is 1.88 bits per heavy atom. The van der Waals surface area contributed by atoms with Crippen LogP contribution in [0.25, 0.3) is 0 Å². The summed E-state index contributed by atoms with van der Waals surface area (Å²) in [5.41, 5.74) is 3.21. The molecule has 0 atom stereocenters. The lowest BCUT2D eigenvalue weighted by molar-refractivity contribution is 0.102. The van der Waals surface area contributed by atoms with Crippen LogP contribution in [0.5, 0.6) is 0 Å². The molecule has 128 valence electrons. The van der Waals surface area contributed by atoms with Gasteiger partial charge in [0.15, 0.2) is 0 Å². The second kappa shape index (κ2) is 7.47. The molecule has 2 N–H and O–H groups in total. The van der Waals surface area contributed by atoms with Gasteiger partial charge in [0.25, 0.3) is 5.91 Å². The van der Waals surface area contributed by atoms with E-state index in [1.54, 1.807) is 12.3 Å². The molecule has 2 aromatic rings. The van der Waals surface area contributed by atoms with Crippen LogP contribution in [0.15, 0.2) is 42.6 Å². The van der Waals surface area contributed by atoms with Crippen LogP contribution < -0.4 is 10.6 Å². The van der Waals surface area contributed by atoms with Gasteiger partial charge in [0.2, 0.25) is 0 Å². The predicted molar refractivity (Wildman–Crippen MR) is 101 cm³/mol. The highest BCUT2D eigenvalue weighted by Gasteiger charge is 2.19. The van der Waals surface area contributed by atoms with Crippen LogP contribution in [-0.2, 0) is 5.41 Å². The van der Waals surface area contributed by atoms with Crippen molar-refractivity contribution in [1.82, 2.24) is 4.98 Å². The van der Waals surface area contributed by atoms with Crippen molar-refractivity contribution in [1.29, 1.82) is 0 Å². The zero-order chi connectivity index (χ0) is 17.7. The lowest BCUT2D eigenvalue weighted by atomic mass is 9.86. The van der Waals surface area contributed by atoms with Gasteiger partial charge in [-0.3, -0.25) is 9.78 Å². The first-order chi connectivity index (χ1) is 11.3. The van der Waals surface area contributed by atoms with Gasteiger partial charge in [-0.15, -0.1) is 0 Å². The molecule has 24 heavy (non-hydrogen) atoms. The zero-order valence-corrected chi connectivity index (χ0v) is 15.2. The monoisotopic (exact) mass is 325 g/mol. The van der Waals surface area contributed by atoms with E-state index in [4.69, 9.17) is 0 Å². The number of hydrogen-bond donors (Lipinski definition) is 2. The van der Waals surface area contributed by atoms with Crippen LogP contribution in [0.1, 0.15) is 50.7 Å². The highest BCUT2D eigenvalue weighted by atomic mass is 16.1. The Bertz CT molecular complexity index is 702. The van der Waals surface area contributed by atoms with E-state index in [2.05, 4.69) is 50.2 Å². The molecule has 0 aliphatic carbocycles. The van der Waals surface area contributed by atoms with Gasteiger partial charge in [0.1, 0.15) is 5.69 Å². The van der Waals surface area contributed by atoms with E-state index >= 15 is 0 Å². The van der Waals surface area contributed by atoms with Crippen LogP contribution in [0.2, 0.25) is 0 Å². The van der Waals surface area contributed by atoms with Gasteiger partial charge in [0, 0.05) is 24.1 Å². The largest absolute Gasteiger partial charge is 0.385 e. The van der Waals surface area contributed by atoms with E-state index in [1.807, 2.05) is 30.3 Å². The summed E-state index contributed by atoms with van der Waals surface area (Å²) in [5.74, 6) is 0.342. The van der Waals surface area contributed by atoms with Gasteiger partial charge in [-0.25, -0.2) is 0 Å². The number of benzene rings is 1. The number of hydrogen-bond acceptors (Lipinski definition) is 3. The summed E-state index contributed by atoms with van der Waals surface area (Å²) in [6.07, 6.45) is 1.66. The van der Waals surface area contributed by atoms with Crippen LogP contribution in [0.3, 0.4) is 0 Å². The molecule has 0 fully saturated rings. The number of rotatable bonds is 5. The topological polar surface area (TPSA) is 54.0 Å². The minimum absolute atomic E-state index is 0.0437. The molecule has 0 spiro atoms. The Kier molecular flexibility index (Phi) is 5.60. The Labute approximate surface area is 144 Å². The third kappa shape index (κ3) is 4.82. The number of aromatic nitrogens is 1. The molecule has 0 saturated carbocycles. The third-order valence-electron chi connectivity index (χ3n) is 3.69. The maximum absolute atomic E-state index is 12.6. The molecule has 0 aliphatic heterocycles. The molecule has 1 aromatic heterocycles. The van der Waals surface area contributed by atoms with Crippen molar-refractivity contribution in [2.75, 3.05) is 17.2 Å². The Morgan fingerprint density at radius 1 is 1.17 bits per heavy atom. The first kappa shape index (κ1) is 18.0. The van der Waals surface area contributed by atoms with Gasteiger partial charge in [-0.1, -0.05) is 52.8 Å². The smallest absolute Gasteiger partial charge is 0.274 e. The molecule has 4 heteroatoms. The van der Waals surface area contributed by atoms with Crippen molar-refractivity contribution in [3.8, 4) is 0 Å². The van der Waals surface area contributed by atoms with Crippen molar-refractivity contribution < 1.29 is 4.79 Å². The molecule has 1 amide bonds. The normalized spacial score (nSPS) is 11.4. The second-order valence-electron chi connectivity index (χ2n) is 7.45. The van der Waals surface area contributed by atoms with Crippen molar-refractivity contribution in [3.63, 3.8) is 0 Å². The quantitative estimate of drug-likeness (QED) is 0.838. The summed E-state index contributed by atoms with van der Waals surface area (Å²) in [6.45, 7) is 11.5. The Balaban J connectivity index is 2.18. The number of nitrogens with one attached hydrogen (secondary N) is 2. The van der Waals surface area contributed by atoms with E-state index in [-0.39, 0.29) is 11.3 Å². The molecule has 1 aromatic carbocycles. The first-order valence-corrected chi connectivity index (χ1v) is 8.38. The van der Waals surface area contributed by atoms with Crippen molar-refractivity contribution >= 4 is 17.3 Å². The molecule has 2 rings (SSSR count). The SMILES string of the molecule is CC(C)CNc1ccnc(C(=O)Nc2ccccc2C(C)(C)C)c1. The molecule has 1 heterocycles. The summed E-state index contributed by atoms with van der Waals surface area (Å²) < 4.78 is 0. The minimum Gasteiger partial charge on any atom is -0.385 e.